The first-order valence-electron chi connectivity index (χ1n) is 9.75. The van der Waals surface area contributed by atoms with Crippen molar-refractivity contribution in [1.29, 1.82) is 0 Å². The zero-order chi connectivity index (χ0) is 19.6. The average molecular weight is 386 g/mol. The normalized spacial score (nSPS) is 23.8. The number of hydrogen-bond acceptors (Lipinski definition) is 3. The molecule has 1 amide bonds. The lowest BCUT2D eigenvalue weighted by atomic mass is 9.93. The highest BCUT2D eigenvalue weighted by atomic mass is 19.2. The number of halogens is 2. The Labute approximate surface area is 163 Å². The van der Waals surface area contributed by atoms with Crippen molar-refractivity contribution in [3.63, 3.8) is 0 Å². The maximum atomic E-state index is 13.6. The van der Waals surface area contributed by atoms with Crippen LogP contribution in [0.25, 0.3) is 0 Å². The molecule has 0 radical (unpaired) electrons. The van der Waals surface area contributed by atoms with Gasteiger partial charge in [-0.15, -0.1) is 0 Å². The fourth-order valence-electron chi connectivity index (χ4n) is 4.16. The number of amides is 1. The Bertz CT molecular complexity index is 846. The maximum absolute atomic E-state index is 13.6. The molecule has 2 aromatic carbocycles. The third-order valence-electron chi connectivity index (χ3n) is 5.57. The summed E-state index contributed by atoms with van der Waals surface area (Å²) in [4.78, 5) is 17.4. The van der Waals surface area contributed by atoms with E-state index in [9.17, 15) is 13.6 Å². The molecule has 4 rings (SSSR count). The van der Waals surface area contributed by atoms with Crippen LogP contribution >= 0.6 is 0 Å². The van der Waals surface area contributed by atoms with E-state index in [1.54, 1.807) is 6.07 Å². The second-order valence-corrected chi connectivity index (χ2v) is 7.55. The number of carbonyl (C=O) groups excluding carboxylic acids is 1. The highest BCUT2D eigenvalue weighted by Crippen LogP contribution is 2.32. The van der Waals surface area contributed by atoms with Crippen LogP contribution in [0.2, 0.25) is 0 Å². The van der Waals surface area contributed by atoms with Crippen molar-refractivity contribution < 1.29 is 18.3 Å². The van der Waals surface area contributed by atoms with Gasteiger partial charge in [0.15, 0.2) is 17.2 Å². The van der Waals surface area contributed by atoms with Gasteiger partial charge in [-0.3, -0.25) is 9.69 Å². The van der Waals surface area contributed by atoms with Gasteiger partial charge in [-0.05, 0) is 49.1 Å². The van der Waals surface area contributed by atoms with Crippen LogP contribution in [0.3, 0.4) is 0 Å². The summed E-state index contributed by atoms with van der Waals surface area (Å²) in [6, 6.07) is 13.6. The van der Waals surface area contributed by atoms with Crippen molar-refractivity contribution in [2.24, 2.45) is 0 Å². The Morgan fingerprint density at radius 3 is 2.61 bits per heavy atom. The highest BCUT2D eigenvalue weighted by molar-refractivity contribution is 6.00. The number of ether oxygens (including phenoxy) is 1. The second kappa shape index (κ2) is 7.97. The molecule has 6 heteroatoms. The van der Waals surface area contributed by atoms with Gasteiger partial charge in [0, 0.05) is 31.9 Å². The molecule has 0 aliphatic carbocycles. The van der Waals surface area contributed by atoms with E-state index in [0.717, 1.165) is 24.6 Å². The summed E-state index contributed by atoms with van der Waals surface area (Å²) in [5.74, 6) is -1.70. The molecule has 2 saturated heterocycles. The summed E-state index contributed by atoms with van der Waals surface area (Å²) in [5, 5.41) is 0. The fraction of sp³-hybridized carbons (Fsp3) is 0.409. The minimum Gasteiger partial charge on any atom is -0.362 e. The van der Waals surface area contributed by atoms with E-state index in [1.807, 2.05) is 35.2 Å². The molecule has 1 unspecified atom stereocenters. The lowest BCUT2D eigenvalue weighted by Gasteiger charge is -2.42. The van der Waals surface area contributed by atoms with E-state index in [2.05, 4.69) is 4.90 Å². The van der Waals surface area contributed by atoms with Gasteiger partial charge in [0.05, 0.1) is 6.61 Å². The maximum Gasteiger partial charge on any atom is 0.260 e. The van der Waals surface area contributed by atoms with Crippen molar-refractivity contribution in [2.75, 3.05) is 31.1 Å². The number of hydrogen-bond donors (Lipinski definition) is 0. The Morgan fingerprint density at radius 1 is 1.00 bits per heavy atom. The number of morpholine rings is 1. The van der Waals surface area contributed by atoms with Crippen LogP contribution in [0.1, 0.15) is 24.8 Å². The van der Waals surface area contributed by atoms with Gasteiger partial charge in [0.2, 0.25) is 0 Å². The van der Waals surface area contributed by atoms with Crippen LogP contribution in [0.4, 0.5) is 14.5 Å². The summed E-state index contributed by atoms with van der Waals surface area (Å²) >= 11 is 0. The molecule has 148 valence electrons. The molecule has 1 spiro atoms. The Hall–Kier alpha value is -2.31. The largest absolute Gasteiger partial charge is 0.362 e. The van der Waals surface area contributed by atoms with Gasteiger partial charge in [-0.25, -0.2) is 8.78 Å². The van der Waals surface area contributed by atoms with E-state index in [4.69, 9.17) is 4.74 Å². The number of benzene rings is 2. The van der Waals surface area contributed by atoms with Crippen LogP contribution in [0, 0.1) is 11.6 Å². The predicted molar refractivity (Wildman–Crippen MR) is 103 cm³/mol. The van der Waals surface area contributed by atoms with E-state index in [0.29, 0.717) is 44.8 Å². The van der Waals surface area contributed by atoms with Crippen molar-refractivity contribution in [2.45, 2.75) is 31.4 Å². The van der Waals surface area contributed by atoms with Gasteiger partial charge in [-0.1, -0.05) is 24.3 Å². The molecule has 4 nitrogen and oxygen atoms in total. The molecule has 2 aromatic rings. The number of anilines is 1. The van der Waals surface area contributed by atoms with Crippen molar-refractivity contribution in [3.05, 3.63) is 65.7 Å². The highest BCUT2D eigenvalue weighted by Gasteiger charge is 2.47. The van der Waals surface area contributed by atoms with Crippen LogP contribution in [-0.2, 0) is 16.1 Å². The minimum absolute atomic E-state index is 0.00816. The first kappa shape index (κ1) is 19.0. The van der Waals surface area contributed by atoms with Crippen molar-refractivity contribution >= 4 is 11.6 Å². The summed E-state index contributed by atoms with van der Waals surface area (Å²) in [5.41, 5.74) is 0.690. The monoisotopic (exact) mass is 386 g/mol. The van der Waals surface area contributed by atoms with Crippen molar-refractivity contribution in [3.8, 4) is 0 Å². The smallest absolute Gasteiger partial charge is 0.260 e. The first-order chi connectivity index (χ1) is 13.6. The second-order valence-electron chi connectivity index (χ2n) is 7.55. The molecule has 0 bridgehead atoms. The minimum atomic E-state index is -0.886. The molecule has 0 aromatic heterocycles. The average Bonchev–Trinajstić information content (AvgIpc) is 2.85. The summed E-state index contributed by atoms with van der Waals surface area (Å²) in [6.45, 7) is 2.68. The molecular weight excluding hydrogens is 362 g/mol. The van der Waals surface area contributed by atoms with Crippen molar-refractivity contribution in [1.82, 2.24) is 4.90 Å². The lowest BCUT2D eigenvalue weighted by Crippen LogP contribution is -2.59. The van der Waals surface area contributed by atoms with E-state index in [-0.39, 0.29) is 5.91 Å². The first-order valence-corrected chi connectivity index (χ1v) is 9.75. The zero-order valence-corrected chi connectivity index (χ0v) is 15.7. The number of carbonyl (C=O) groups is 1. The Balaban J connectivity index is 1.55. The summed E-state index contributed by atoms with van der Waals surface area (Å²) in [7, 11) is 0. The van der Waals surface area contributed by atoms with Crippen LogP contribution < -0.4 is 4.90 Å². The molecule has 1 atom stereocenters. The number of rotatable bonds is 3. The van der Waals surface area contributed by atoms with Gasteiger partial charge in [-0.2, -0.15) is 0 Å². The summed E-state index contributed by atoms with van der Waals surface area (Å²) < 4.78 is 32.9. The van der Waals surface area contributed by atoms with Gasteiger partial charge >= 0.3 is 0 Å². The van der Waals surface area contributed by atoms with Crippen LogP contribution in [0.5, 0.6) is 0 Å². The fourth-order valence-corrected chi connectivity index (χ4v) is 4.16. The van der Waals surface area contributed by atoms with Gasteiger partial charge in [0.1, 0.15) is 0 Å². The molecule has 0 N–H and O–H groups in total. The van der Waals surface area contributed by atoms with Gasteiger partial charge in [0.25, 0.3) is 5.91 Å². The lowest BCUT2D eigenvalue weighted by molar-refractivity contribution is -0.158. The van der Waals surface area contributed by atoms with Crippen LogP contribution in [0.15, 0.2) is 48.5 Å². The van der Waals surface area contributed by atoms with Crippen LogP contribution in [-0.4, -0.2) is 42.6 Å². The Morgan fingerprint density at radius 2 is 1.82 bits per heavy atom. The zero-order valence-electron chi connectivity index (χ0n) is 15.7. The van der Waals surface area contributed by atoms with E-state index >= 15 is 0 Å². The van der Waals surface area contributed by atoms with Gasteiger partial charge < -0.3 is 9.64 Å². The third-order valence-corrected chi connectivity index (χ3v) is 5.57. The standard InChI is InChI=1S/C22H24F2N2O2/c23-19-9-8-17(14-20(19)24)15-25-12-13-28-22(16-25)10-4-5-11-26(21(22)27)18-6-2-1-3-7-18/h1-3,6-9,14H,4-5,10-13,15-16H2. The summed E-state index contributed by atoms with van der Waals surface area (Å²) in [6.07, 6.45) is 2.51. The number of para-hydroxylation sites is 1. The topological polar surface area (TPSA) is 32.8 Å². The third kappa shape index (κ3) is 3.80. The molecule has 28 heavy (non-hydrogen) atoms. The SMILES string of the molecule is O=C1N(c2ccccc2)CCCCC12CN(Cc1ccc(F)c(F)c1)CCO2. The molecule has 0 saturated carbocycles. The Kier molecular flexibility index (Phi) is 5.42. The predicted octanol–water partition coefficient (Wildman–Crippen LogP) is 3.75. The molecule has 2 fully saturated rings. The molecule has 2 heterocycles. The molecular formula is C22H24F2N2O2. The van der Waals surface area contributed by atoms with E-state index < -0.39 is 17.2 Å². The molecule has 2 aliphatic rings. The number of nitrogens with zero attached hydrogens (tertiary/aromatic N) is 2. The van der Waals surface area contributed by atoms with E-state index in [1.165, 1.54) is 6.07 Å². The molecule has 2 aliphatic heterocycles. The quantitative estimate of drug-likeness (QED) is 0.805.